The number of esters is 1. The van der Waals surface area contributed by atoms with Gasteiger partial charge in [0.25, 0.3) is 0 Å². The Balaban J connectivity index is 2.11. The monoisotopic (exact) mass is 337 g/mol. The van der Waals surface area contributed by atoms with Crippen molar-refractivity contribution in [2.45, 2.75) is 0 Å². The Bertz CT molecular complexity index is 830. The molecule has 0 unspecified atom stereocenters. The molecule has 0 aromatic heterocycles. The lowest BCUT2D eigenvalue weighted by Crippen LogP contribution is -2.10. The van der Waals surface area contributed by atoms with Crippen LogP contribution in [0.4, 0.5) is 0 Å². The van der Waals surface area contributed by atoms with Crippen LogP contribution < -0.4 is 4.74 Å². The van der Waals surface area contributed by atoms with Crippen LogP contribution in [0, 0.1) is 11.3 Å². The molecule has 0 aliphatic heterocycles. The number of nitrogens with zero attached hydrogens (tertiary/aromatic N) is 1. The van der Waals surface area contributed by atoms with Crippen molar-refractivity contribution in [3.8, 4) is 11.8 Å². The smallest absolute Gasteiger partial charge is 0.337 e. The summed E-state index contributed by atoms with van der Waals surface area (Å²) in [6, 6.07) is 14.7. The molecule has 0 radical (unpaired) electrons. The topological polar surface area (TPSA) is 96.6 Å². The van der Waals surface area contributed by atoms with E-state index in [2.05, 4.69) is 4.74 Å². The predicted octanol–water partition coefficient (Wildman–Crippen LogP) is 2.89. The van der Waals surface area contributed by atoms with Crippen LogP contribution in [0.25, 0.3) is 6.08 Å². The zero-order valence-corrected chi connectivity index (χ0v) is 13.4. The SMILES string of the molecule is COC(=O)c1ccc(C=C(COc2ccc(C#N)cc2)C(=O)O)cc1. The normalized spacial score (nSPS) is 10.6. The summed E-state index contributed by atoms with van der Waals surface area (Å²) in [6.07, 6.45) is 1.47. The maximum atomic E-state index is 11.4. The Morgan fingerprint density at radius 1 is 1.12 bits per heavy atom. The van der Waals surface area contributed by atoms with Crippen LogP contribution in [0.15, 0.2) is 54.1 Å². The Kier molecular flexibility index (Phi) is 5.91. The summed E-state index contributed by atoms with van der Waals surface area (Å²) in [5.41, 5.74) is 1.54. The van der Waals surface area contributed by atoms with Crippen molar-refractivity contribution in [3.05, 3.63) is 70.8 Å². The molecule has 0 atom stereocenters. The molecule has 0 aliphatic carbocycles. The summed E-state index contributed by atoms with van der Waals surface area (Å²) in [4.78, 5) is 22.8. The molecule has 126 valence electrons. The minimum absolute atomic E-state index is 0.0511. The number of aliphatic carboxylic acids is 1. The summed E-state index contributed by atoms with van der Waals surface area (Å²) < 4.78 is 10.1. The summed E-state index contributed by atoms with van der Waals surface area (Å²) >= 11 is 0. The largest absolute Gasteiger partial charge is 0.489 e. The Morgan fingerprint density at radius 2 is 1.76 bits per heavy atom. The van der Waals surface area contributed by atoms with Crippen molar-refractivity contribution in [2.75, 3.05) is 13.7 Å². The second-order valence-corrected chi connectivity index (χ2v) is 5.01. The molecule has 0 heterocycles. The molecule has 1 N–H and O–H groups in total. The number of benzene rings is 2. The quantitative estimate of drug-likeness (QED) is 0.643. The summed E-state index contributed by atoms with van der Waals surface area (Å²) in [6.45, 7) is -0.139. The van der Waals surface area contributed by atoms with E-state index in [9.17, 15) is 14.7 Å². The standard InChI is InChI=1S/C19H15NO5/c1-24-19(23)15-6-2-13(3-7-15)10-16(18(21)22)12-25-17-8-4-14(11-20)5-9-17/h2-10H,12H2,1H3,(H,21,22). The van der Waals surface area contributed by atoms with Gasteiger partial charge in [0.15, 0.2) is 0 Å². The molecule has 0 amide bonds. The van der Waals surface area contributed by atoms with Crippen molar-refractivity contribution in [1.82, 2.24) is 0 Å². The van der Waals surface area contributed by atoms with Crippen molar-refractivity contribution in [1.29, 1.82) is 5.26 Å². The number of methoxy groups -OCH3 is 1. The number of carbonyl (C=O) groups excluding carboxylic acids is 1. The second kappa shape index (κ2) is 8.31. The van der Waals surface area contributed by atoms with Crippen LogP contribution in [0.2, 0.25) is 0 Å². The van der Waals surface area contributed by atoms with Gasteiger partial charge < -0.3 is 14.6 Å². The average molecular weight is 337 g/mol. The number of hydrogen-bond acceptors (Lipinski definition) is 5. The van der Waals surface area contributed by atoms with Gasteiger partial charge in [-0.25, -0.2) is 9.59 Å². The minimum atomic E-state index is -1.11. The fourth-order valence-electron chi connectivity index (χ4n) is 1.99. The molecule has 25 heavy (non-hydrogen) atoms. The van der Waals surface area contributed by atoms with Gasteiger partial charge in [-0.2, -0.15) is 5.26 Å². The molecule has 2 aromatic carbocycles. The predicted molar refractivity (Wildman–Crippen MR) is 90.0 cm³/mol. The third kappa shape index (κ3) is 4.94. The molecule has 0 bridgehead atoms. The van der Waals surface area contributed by atoms with Crippen LogP contribution in [0.1, 0.15) is 21.5 Å². The molecular weight excluding hydrogens is 322 g/mol. The maximum Gasteiger partial charge on any atom is 0.337 e. The first kappa shape index (κ1) is 17.8. The van der Waals surface area contributed by atoms with Gasteiger partial charge in [0.1, 0.15) is 12.4 Å². The van der Waals surface area contributed by atoms with Crippen LogP contribution >= 0.6 is 0 Å². The van der Waals surface area contributed by atoms with Gasteiger partial charge in [-0.05, 0) is 48.0 Å². The van der Waals surface area contributed by atoms with Gasteiger partial charge in [0.05, 0.1) is 29.9 Å². The van der Waals surface area contributed by atoms with Gasteiger partial charge in [-0.3, -0.25) is 0 Å². The molecule has 2 rings (SSSR count). The van der Waals surface area contributed by atoms with Crippen LogP contribution in [0.3, 0.4) is 0 Å². The molecule has 0 aliphatic rings. The van der Waals surface area contributed by atoms with Crippen LogP contribution in [-0.2, 0) is 9.53 Å². The highest BCUT2D eigenvalue weighted by Gasteiger charge is 2.10. The number of carboxylic acids is 1. The maximum absolute atomic E-state index is 11.4. The number of nitriles is 1. The van der Waals surface area contributed by atoms with Crippen LogP contribution in [-0.4, -0.2) is 30.8 Å². The van der Waals surface area contributed by atoms with Crippen molar-refractivity contribution >= 4 is 18.0 Å². The number of rotatable bonds is 6. The lowest BCUT2D eigenvalue weighted by molar-refractivity contribution is -0.132. The zero-order valence-electron chi connectivity index (χ0n) is 13.4. The third-order valence-corrected chi connectivity index (χ3v) is 3.33. The molecule has 6 nitrogen and oxygen atoms in total. The van der Waals surface area contributed by atoms with E-state index < -0.39 is 11.9 Å². The lowest BCUT2D eigenvalue weighted by Gasteiger charge is -2.07. The molecule has 6 heteroatoms. The van der Waals surface area contributed by atoms with Crippen molar-refractivity contribution in [2.24, 2.45) is 0 Å². The number of carboxylic acid groups (broad SMARTS) is 1. The number of hydrogen-bond donors (Lipinski definition) is 1. The van der Waals surface area contributed by atoms with Gasteiger partial charge in [-0.15, -0.1) is 0 Å². The zero-order chi connectivity index (χ0) is 18.2. The Labute approximate surface area is 144 Å². The first-order chi connectivity index (χ1) is 12.0. The average Bonchev–Trinajstić information content (AvgIpc) is 2.65. The molecular formula is C19H15NO5. The van der Waals surface area contributed by atoms with Crippen molar-refractivity contribution in [3.63, 3.8) is 0 Å². The van der Waals surface area contributed by atoms with E-state index in [0.717, 1.165) is 0 Å². The summed E-state index contributed by atoms with van der Waals surface area (Å²) in [7, 11) is 1.29. The molecule has 0 spiro atoms. The molecule has 0 saturated heterocycles. The first-order valence-electron chi connectivity index (χ1n) is 7.28. The van der Waals surface area contributed by atoms with Gasteiger partial charge in [-0.1, -0.05) is 12.1 Å². The van der Waals surface area contributed by atoms with Gasteiger partial charge in [0, 0.05) is 0 Å². The minimum Gasteiger partial charge on any atom is -0.489 e. The van der Waals surface area contributed by atoms with Gasteiger partial charge >= 0.3 is 11.9 Å². The summed E-state index contributed by atoms with van der Waals surface area (Å²) in [5.74, 6) is -1.10. The number of carbonyl (C=O) groups is 2. The summed E-state index contributed by atoms with van der Waals surface area (Å²) in [5, 5.41) is 18.1. The van der Waals surface area contributed by atoms with E-state index in [4.69, 9.17) is 10.00 Å². The lowest BCUT2D eigenvalue weighted by atomic mass is 10.1. The van der Waals surface area contributed by atoms with E-state index in [1.807, 2.05) is 6.07 Å². The highest BCUT2D eigenvalue weighted by molar-refractivity contribution is 5.93. The molecule has 0 saturated carbocycles. The molecule has 2 aromatic rings. The van der Waals surface area contributed by atoms with E-state index in [0.29, 0.717) is 22.4 Å². The third-order valence-electron chi connectivity index (χ3n) is 3.33. The second-order valence-electron chi connectivity index (χ2n) is 5.01. The fraction of sp³-hybridized carbons (Fsp3) is 0.105. The highest BCUT2D eigenvalue weighted by atomic mass is 16.5. The van der Waals surface area contributed by atoms with E-state index in [-0.39, 0.29) is 12.2 Å². The van der Waals surface area contributed by atoms with E-state index in [1.54, 1.807) is 48.5 Å². The van der Waals surface area contributed by atoms with Crippen molar-refractivity contribution < 1.29 is 24.2 Å². The van der Waals surface area contributed by atoms with E-state index >= 15 is 0 Å². The Hall–Kier alpha value is -3.59. The first-order valence-corrected chi connectivity index (χ1v) is 7.28. The molecule has 0 fully saturated rings. The fourth-order valence-corrected chi connectivity index (χ4v) is 1.99. The van der Waals surface area contributed by atoms with Crippen LogP contribution in [0.5, 0.6) is 5.75 Å². The highest BCUT2D eigenvalue weighted by Crippen LogP contribution is 2.15. The number of ether oxygens (including phenoxy) is 2. The Morgan fingerprint density at radius 3 is 2.28 bits per heavy atom. The van der Waals surface area contributed by atoms with Gasteiger partial charge in [0.2, 0.25) is 0 Å². The van der Waals surface area contributed by atoms with E-state index in [1.165, 1.54) is 13.2 Å².